The molecular weight excluding hydrogens is 447 g/mol. The van der Waals surface area contributed by atoms with Crippen LogP contribution >= 0.6 is 22.6 Å². The van der Waals surface area contributed by atoms with Gasteiger partial charge in [0.15, 0.2) is 6.61 Å². The quantitative estimate of drug-likeness (QED) is 0.521. The normalized spacial score (nSPS) is 10.9. The molecule has 2 aromatic carbocycles. The molecule has 0 aliphatic carbocycles. The third kappa shape index (κ3) is 5.28. The Kier molecular flexibility index (Phi) is 5.91. The molecule has 0 aliphatic heterocycles. The van der Waals surface area contributed by atoms with Crippen molar-refractivity contribution in [3.05, 3.63) is 57.7 Å². The number of amides is 1. The van der Waals surface area contributed by atoms with Crippen LogP contribution in [-0.4, -0.2) is 26.9 Å². The first-order valence-electron chi connectivity index (χ1n) is 6.61. The zero-order valence-electron chi connectivity index (χ0n) is 12.2. The first-order valence-corrected chi connectivity index (χ1v) is 9.23. The monoisotopic (exact) mass is 460 g/mol. The molecule has 0 aliphatic rings. The molecule has 0 saturated heterocycles. The molecule has 0 bridgehead atoms. The van der Waals surface area contributed by atoms with Crippen LogP contribution < -0.4 is 10.5 Å². The van der Waals surface area contributed by atoms with Gasteiger partial charge in [-0.1, -0.05) is 6.07 Å². The van der Waals surface area contributed by atoms with Crippen LogP contribution in [-0.2, 0) is 19.6 Å². The van der Waals surface area contributed by atoms with Crippen molar-refractivity contribution in [2.24, 2.45) is 5.14 Å². The molecule has 0 heterocycles. The van der Waals surface area contributed by atoms with E-state index in [1.807, 2.05) is 6.07 Å². The molecule has 0 fully saturated rings. The first-order chi connectivity index (χ1) is 11.3. The van der Waals surface area contributed by atoms with Crippen molar-refractivity contribution in [1.29, 1.82) is 0 Å². The van der Waals surface area contributed by atoms with Gasteiger partial charge in [-0.05, 0) is 65.1 Å². The molecule has 0 radical (unpaired) electrons. The number of hydrogen-bond donors (Lipinski definition) is 2. The largest absolute Gasteiger partial charge is 0.452 e. The number of sulfonamides is 1. The lowest BCUT2D eigenvalue weighted by Gasteiger charge is -2.07. The number of anilines is 1. The smallest absolute Gasteiger partial charge is 0.338 e. The van der Waals surface area contributed by atoms with E-state index in [0.717, 1.165) is 3.57 Å². The van der Waals surface area contributed by atoms with Crippen LogP contribution in [0.4, 0.5) is 5.69 Å². The number of benzene rings is 2. The lowest BCUT2D eigenvalue weighted by molar-refractivity contribution is -0.119. The van der Waals surface area contributed by atoms with Crippen molar-refractivity contribution in [3.63, 3.8) is 0 Å². The average Bonchev–Trinajstić information content (AvgIpc) is 2.52. The van der Waals surface area contributed by atoms with Crippen LogP contribution in [0.25, 0.3) is 0 Å². The number of nitrogens with one attached hydrogen (secondary N) is 1. The Bertz CT molecular complexity index is 866. The van der Waals surface area contributed by atoms with Crippen molar-refractivity contribution in [2.45, 2.75) is 4.90 Å². The molecule has 0 saturated carbocycles. The molecule has 1 amide bonds. The third-order valence-corrected chi connectivity index (χ3v) is 4.46. The molecule has 126 valence electrons. The molecule has 2 rings (SSSR count). The highest BCUT2D eigenvalue weighted by molar-refractivity contribution is 14.1. The fraction of sp³-hybridized carbons (Fsp3) is 0.0667. The van der Waals surface area contributed by atoms with Crippen LogP contribution in [0.1, 0.15) is 10.4 Å². The van der Waals surface area contributed by atoms with Crippen molar-refractivity contribution >= 4 is 50.2 Å². The van der Waals surface area contributed by atoms with Crippen LogP contribution in [0, 0.1) is 3.57 Å². The second kappa shape index (κ2) is 7.73. The Morgan fingerprint density at radius 2 is 1.79 bits per heavy atom. The number of rotatable bonds is 5. The summed E-state index contributed by atoms with van der Waals surface area (Å²) < 4.78 is 28.1. The van der Waals surface area contributed by atoms with Gasteiger partial charge in [0, 0.05) is 9.26 Å². The van der Waals surface area contributed by atoms with Gasteiger partial charge in [0.2, 0.25) is 10.0 Å². The van der Waals surface area contributed by atoms with Crippen molar-refractivity contribution < 1.29 is 22.7 Å². The summed E-state index contributed by atoms with van der Waals surface area (Å²) >= 11 is 2.06. The van der Waals surface area contributed by atoms with Crippen LogP contribution in [0.2, 0.25) is 0 Å². The predicted molar refractivity (Wildman–Crippen MR) is 95.9 cm³/mol. The van der Waals surface area contributed by atoms with Gasteiger partial charge in [-0.2, -0.15) is 0 Å². The summed E-state index contributed by atoms with van der Waals surface area (Å²) in [5.74, 6) is -1.15. The van der Waals surface area contributed by atoms with E-state index in [1.54, 1.807) is 18.2 Å². The standard InChI is InChI=1S/C15H13IN2O5S/c16-11-3-1-2-10(8-11)15(20)23-9-14(19)18-12-4-6-13(7-5-12)24(17,21)22/h1-8H,9H2,(H,18,19)(H2,17,21,22). The van der Waals surface area contributed by atoms with E-state index in [9.17, 15) is 18.0 Å². The fourth-order valence-corrected chi connectivity index (χ4v) is 2.81. The van der Waals surface area contributed by atoms with Crippen molar-refractivity contribution in [3.8, 4) is 0 Å². The van der Waals surface area contributed by atoms with Gasteiger partial charge < -0.3 is 10.1 Å². The van der Waals surface area contributed by atoms with E-state index in [-0.39, 0.29) is 4.90 Å². The highest BCUT2D eigenvalue weighted by Gasteiger charge is 2.11. The van der Waals surface area contributed by atoms with Gasteiger partial charge in [-0.15, -0.1) is 0 Å². The summed E-state index contributed by atoms with van der Waals surface area (Å²) in [6.07, 6.45) is 0. The van der Waals surface area contributed by atoms with Crippen molar-refractivity contribution in [2.75, 3.05) is 11.9 Å². The lowest BCUT2D eigenvalue weighted by atomic mass is 10.2. The molecule has 9 heteroatoms. The van der Waals surface area contributed by atoms with Gasteiger partial charge >= 0.3 is 5.97 Å². The summed E-state index contributed by atoms with van der Waals surface area (Å²) in [6, 6.07) is 12.1. The van der Waals surface area contributed by atoms with Gasteiger partial charge in [0.25, 0.3) is 5.91 Å². The minimum absolute atomic E-state index is 0.0643. The summed E-state index contributed by atoms with van der Waals surface area (Å²) in [5, 5.41) is 7.47. The number of carbonyl (C=O) groups is 2. The van der Waals surface area contributed by atoms with Crippen LogP contribution in [0.15, 0.2) is 53.4 Å². The van der Waals surface area contributed by atoms with E-state index in [2.05, 4.69) is 27.9 Å². The summed E-state index contributed by atoms with van der Waals surface area (Å²) in [7, 11) is -3.79. The van der Waals surface area contributed by atoms with E-state index in [4.69, 9.17) is 9.88 Å². The maximum Gasteiger partial charge on any atom is 0.338 e. The van der Waals surface area contributed by atoms with Gasteiger partial charge in [0.1, 0.15) is 0 Å². The Morgan fingerprint density at radius 1 is 1.12 bits per heavy atom. The number of esters is 1. The molecule has 0 spiro atoms. The van der Waals surface area contributed by atoms with Gasteiger partial charge in [-0.25, -0.2) is 18.4 Å². The topological polar surface area (TPSA) is 116 Å². The highest BCUT2D eigenvalue weighted by Crippen LogP contribution is 2.13. The molecule has 24 heavy (non-hydrogen) atoms. The van der Waals surface area contributed by atoms with E-state index in [1.165, 1.54) is 24.3 Å². The summed E-state index contributed by atoms with van der Waals surface area (Å²) in [6.45, 7) is -0.457. The second-order valence-corrected chi connectivity index (χ2v) is 7.51. The van der Waals surface area contributed by atoms with Gasteiger partial charge in [-0.3, -0.25) is 4.79 Å². The van der Waals surface area contributed by atoms with E-state index < -0.39 is 28.5 Å². The highest BCUT2D eigenvalue weighted by atomic mass is 127. The zero-order chi connectivity index (χ0) is 17.7. The number of hydrogen-bond acceptors (Lipinski definition) is 5. The molecule has 7 nitrogen and oxygen atoms in total. The van der Waals surface area contributed by atoms with E-state index in [0.29, 0.717) is 11.3 Å². The fourth-order valence-electron chi connectivity index (χ4n) is 1.75. The Hall–Kier alpha value is -1.98. The third-order valence-electron chi connectivity index (χ3n) is 2.86. The Balaban J connectivity index is 1.90. The number of carbonyl (C=O) groups excluding carboxylic acids is 2. The average molecular weight is 460 g/mol. The molecule has 3 N–H and O–H groups in total. The maximum atomic E-state index is 11.8. The first kappa shape index (κ1) is 18.4. The number of ether oxygens (including phenoxy) is 1. The lowest BCUT2D eigenvalue weighted by Crippen LogP contribution is -2.21. The van der Waals surface area contributed by atoms with E-state index >= 15 is 0 Å². The summed E-state index contributed by atoms with van der Waals surface area (Å²) in [4.78, 5) is 23.5. The summed E-state index contributed by atoms with van der Waals surface area (Å²) in [5.41, 5.74) is 0.713. The Morgan fingerprint density at radius 3 is 2.38 bits per heavy atom. The Labute approximate surface area is 152 Å². The van der Waals surface area contributed by atoms with Crippen molar-refractivity contribution in [1.82, 2.24) is 0 Å². The minimum atomic E-state index is -3.79. The second-order valence-electron chi connectivity index (χ2n) is 4.70. The molecular formula is C15H13IN2O5S. The number of nitrogens with two attached hydrogens (primary N) is 1. The van der Waals surface area contributed by atoms with Crippen LogP contribution in [0.5, 0.6) is 0 Å². The maximum absolute atomic E-state index is 11.8. The molecule has 2 aromatic rings. The van der Waals surface area contributed by atoms with Crippen LogP contribution in [0.3, 0.4) is 0 Å². The SMILES string of the molecule is NS(=O)(=O)c1ccc(NC(=O)COC(=O)c2cccc(I)c2)cc1. The molecule has 0 aromatic heterocycles. The number of halogens is 1. The predicted octanol–water partition coefficient (Wildman–Crippen LogP) is 1.73. The molecule has 0 unspecified atom stereocenters. The minimum Gasteiger partial charge on any atom is -0.452 e. The number of primary sulfonamides is 1. The van der Waals surface area contributed by atoms with Gasteiger partial charge in [0.05, 0.1) is 10.5 Å². The zero-order valence-corrected chi connectivity index (χ0v) is 15.2. The molecule has 0 atom stereocenters.